The third-order valence-electron chi connectivity index (χ3n) is 3.97. The average molecular weight is 413 g/mol. The molecule has 0 atom stereocenters. The molecule has 0 aliphatic rings. The number of para-hydroxylation sites is 1. The van der Waals surface area contributed by atoms with Gasteiger partial charge >= 0.3 is 151 Å². The fourth-order valence-corrected chi connectivity index (χ4v) is 5.08. The molecule has 0 fully saturated rings. The summed E-state index contributed by atoms with van der Waals surface area (Å²) in [6.45, 7) is 1.91. The van der Waals surface area contributed by atoms with Crippen molar-refractivity contribution in [1.29, 1.82) is 0 Å². The predicted octanol–water partition coefficient (Wildman–Crippen LogP) is 2.23. The first-order valence-corrected chi connectivity index (χ1v) is 9.61. The van der Waals surface area contributed by atoms with Crippen LogP contribution in [0.15, 0.2) is 35.1 Å². The molecule has 0 aliphatic carbocycles. The molecular formula is C16H10N6OSSe. The summed E-state index contributed by atoms with van der Waals surface area (Å²) >= 11 is 4.87. The number of fused-ring (bicyclic) bond motifs is 4. The zero-order chi connectivity index (χ0) is 17.1. The van der Waals surface area contributed by atoms with Gasteiger partial charge in [-0.05, 0) is 0 Å². The van der Waals surface area contributed by atoms with Crippen LogP contribution in [-0.2, 0) is 0 Å². The Morgan fingerprint density at radius 1 is 1.12 bits per heavy atom. The summed E-state index contributed by atoms with van der Waals surface area (Å²) in [6.07, 6.45) is 0. The minimum absolute atomic E-state index is 0.163. The fourth-order valence-electron chi connectivity index (χ4n) is 2.87. The normalized spacial score (nSPS) is 11.7. The molecule has 0 radical (unpaired) electrons. The van der Waals surface area contributed by atoms with E-state index in [1.807, 2.05) is 37.3 Å². The van der Waals surface area contributed by atoms with E-state index < -0.39 is 0 Å². The van der Waals surface area contributed by atoms with Gasteiger partial charge in [-0.15, -0.1) is 0 Å². The van der Waals surface area contributed by atoms with Gasteiger partial charge in [0.25, 0.3) is 0 Å². The molecular weight excluding hydrogens is 403 g/mol. The molecule has 0 amide bonds. The van der Waals surface area contributed by atoms with E-state index in [0.29, 0.717) is 25.7 Å². The van der Waals surface area contributed by atoms with Crippen LogP contribution in [-0.4, -0.2) is 44.2 Å². The molecule has 25 heavy (non-hydrogen) atoms. The number of nitrogens with one attached hydrogen (secondary N) is 2. The molecule has 0 saturated heterocycles. The zero-order valence-electron chi connectivity index (χ0n) is 12.9. The van der Waals surface area contributed by atoms with Crippen LogP contribution in [0.25, 0.3) is 36.5 Å². The van der Waals surface area contributed by atoms with Gasteiger partial charge in [0, 0.05) is 0 Å². The number of H-pyrrole nitrogens is 2. The van der Waals surface area contributed by atoms with E-state index in [1.165, 1.54) is 0 Å². The number of rotatable bonds is 1. The maximum absolute atomic E-state index is 12.2. The zero-order valence-corrected chi connectivity index (χ0v) is 15.4. The molecule has 7 nitrogen and oxygen atoms in total. The molecule has 9 heteroatoms. The van der Waals surface area contributed by atoms with Crippen molar-refractivity contribution < 1.29 is 0 Å². The summed E-state index contributed by atoms with van der Waals surface area (Å²) in [5.74, 6) is 0. The quantitative estimate of drug-likeness (QED) is 0.325. The second kappa shape index (κ2) is 5.19. The molecule has 4 aromatic heterocycles. The van der Waals surface area contributed by atoms with Crippen LogP contribution in [0.3, 0.4) is 0 Å². The van der Waals surface area contributed by atoms with E-state index in [-0.39, 0.29) is 20.1 Å². The predicted molar refractivity (Wildman–Crippen MR) is 99.2 cm³/mol. The van der Waals surface area contributed by atoms with Crippen LogP contribution in [0, 0.1) is 11.7 Å². The standard InChI is InChI=1S/C16H10N6OSSe/c1-7-9-13(22(21-7)8-5-3-2-4-6-8)19-15-11(17-9)10-12(25-15)14(23)20-16(24)18-10/h2-6H,1H3,(H2,18,20,23,24). The monoisotopic (exact) mass is 414 g/mol. The summed E-state index contributed by atoms with van der Waals surface area (Å²) in [5, 5.41) is 4.59. The van der Waals surface area contributed by atoms with Gasteiger partial charge in [-0.3, -0.25) is 0 Å². The van der Waals surface area contributed by atoms with Crippen molar-refractivity contribution in [2.45, 2.75) is 6.92 Å². The van der Waals surface area contributed by atoms with Crippen LogP contribution in [0.5, 0.6) is 0 Å². The number of hydrogen-bond donors (Lipinski definition) is 2. The molecule has 0 saturated carbocycles. The van der Waals surface area contributed by atoms with Crippen LogP contribution in [0.4, 0.5) is 0 Å². The first kappa shape index (κ1) is 14.7. The summed E-state index contributed by atoms with van der Waals surface area (Å²) in [6, 6.07) is 9.82. The molecule has 0 unspecified atom stereocenters. The van der Waals surface area contributed by atoms with E-state index in [9.17, 15) is 4.79 Å². The number of benzene rings is 1. The Morgan fingerprint density at radius 2 is 1.92 bits per heavy atom. The van der Waals surface area contributed by atoms with Crippen LogP contribution in [0.1, 0.15) is 5.69 Å². The molecule has 122 valence electrons. The van der Waals surface area contributed by atoms with Gasteiger partial charge in [0.15, 0.2) is 0 Å². The van der Waals surface area contributed by atoms with Crippen molar-refractivity contribution in [2.24, 2.45) is 0 Å². The van der Waals surface area contributed by atoms with Gasteiger partial charge in [0.05, 0.1) is 0 Å². The van der Waals surface area contributed by atoms with Crippen LogP contribution < -0.4 is 5.56 Å². The van der Waals surface area contributed by atoms with Gasteiger partial charge in [-0.25, -0.2) is 0 Å². The summed E-state index contributed by atoms with van der Waals surface area (Å²) in [4.78, 5) is 27.4. The molecule has 4 heterocycles. The second-order valence-corrected chi connectivity index (χ2v) is 8.10. The molecule has 1 aromatic carbocycles. The van der Waals surface area contributed by atoms with Gasteiger partial charge in [0.2, 0.25) is 0 Å². The third kappa shape index (κ3) is 2.13. The topological polar surface area (TPSA) is 92.2 Å². The van der Waals surface area contributed by atoms with E-state index in [4.69, 9.17) is 22.2 Å². The van der Waals surface area contributed by atoms with Crippen molar-refractivity contribution in [1.82, 2.24) is 29.7 Å². The van der Waals surface area contributed by atoms with Gasteiger partial charge < -0.3 is 0 Å². The minimum atomic E-state index is -0.224. The SMILES string of the molecule is Cc1nn(-c2ccccc2)c2nc3[se]c4c(=O)[nH]c(=S)[nH]c4c3nc12. The number of aromatic nitrogens is 6. The number of aromatic amines is 2. The Kier molecular flexibility index (Phi) is 3.05. The van der Waals surface area contributed by atoms with Crippen LogP contribution >= 0.6 is 12.2 Å². The number of aryl methyl sites for hydroxylation is 1. The number of hydrogen-bond acceptors (Lipinski definition) is 5. The Balaban J connectivity index is 1.94. The van der Waals surface area contributed by atoms with Crippen molar-refractivity contribution in [3.05, 3.63) is 51.2 Å². The first-order valence-electron chi connectivity index (χ1n) is 7.49. The average Bonchev–Trinajstić information content (AvgIpc) is 3.12. The van der Waals surface area contributed by atoms with Crippen LogP contribution in [0.2, 0.25) is 0 Å². The summed E-state index contributed by atoms with van der Waals surface area (Å²) in [5.41, 5.74) is 4.37. The van der Waals surface area contributed by atoms with E-state index in [1.54, 1.807) is 4.68 Å². The summed E-state index contributed by atoms with van der Waals surface area (Å²) < 4.78 is 3.59. The van der Waals surface area contributed by atoms with Gasteiger partial charge in [-0.2, -0.15) is 0 Å². The molecule has 2 N–H and O–H groups in total. The Morgan fingerprint density at radius 3 is 2.72 bits per heavy atom. The van der Waals surface area contributed by atoms with E-state index in [0.717, 1.165) is 21.3 Å². The van der Waals surface area contributed by atoms with Crippen molar-refractivity contribution in [3.8, 4) is 5.69 Å². The third-order valence-corrected chi connectivity index (χ3v) is 6.43. The van der Waals surface area contributed by atoms with Gasteiger partial charge in [0.1, 0.15) is 0 Å². The Bertz CT molecular complexity index is 1400. The summed E-state index contributed by atoms with van der Waals surface area (Å²) in [7, 11) is 0. The Labute approximate surface area is 151 Å². The molecule has 0 aliphatic heterocycles. The van der Waals surface area contributed by atoms with Crippen molar-refractivity contribution in [2.75, 3.05) is 0 Å². The van der Waals surface area contributed by atoms with Crippen molar-refractivity contribution >= 4 is 57.6 Å². The van der Waals surface area contributed by atoms with E-state index >= 15 is 0 Å². The fraction of sp³-hybridized carbons (Fsp3) is 0.0625. The molecule has 5 rings (SSSR count). The molecule has 0 spiro atoms. The second-order valence-electron chi connectivity index (χ2n) is 5.60. The molecule has 5 aromatic rings. The maximum atomic E-state index is 12.2. The number of nitrogens with zero attached hydrogens (tertiary/aromatic N) is 4. The molecule has 0 bridgehead atoms. The van der Waals surface area contributed by atoms with Gasteiger partial charge in [-0.1, -0.05) is 0 Å². The first-order chi connectivity index (χ1) is 12.1. The van der Waals surface area contributed by atoms with Crippen molar-refractivity contribution in [3.63, 3.8) is 0 Å². The Hall–Kier alpha value is -2.61. The van der Waals surface area contributed by atoms with E-state index in [2.05, 4.69) is 15.1 Å².